The Morgan fingerprint density at radius 1 is 1.50 bits per heavy atom. The molecule has 0 unspecified atom stereocenters. The van der Waals surface area contributed by atoms with Crippen LogP contribution in [-0.4, -0.2) is 29.6 Å². The Labute approximate surface area is 116 Å². The molecule has 0 aliphatic heterocycles. The third-order valence-corrected chi connectivity index (χ3v) is 3.14. The Kier molecular flexibility index (Phi) is 6.09. The van der Waals surface area contributed by atoms with E-state index < -0.39 is 5.97 Å². The highest BCUT2D eigenvalue weighted by atomic mass is 79.9. The molecular weight excluding hydrogens is 294 g/mol. The van der Waals surface area contributed by atoms with E-state index in [9.17, 15) is 4.79 Å². The number of carbonyl (C=O) groups is 1. The fourth-order valence-electron chi connectivity index (χ4n) is 1.66. The molecular formula is C14H18BrNO2. The lowest BCUT2D eigenvalue weighted by molar-refractivity contribution is -0.132. The van der Waals surface area contributed by atoms with Crippen LogP contribution in [0.25, 0.3) is 0 Å². The smallest absolute Gasteiger partial charge is 0.331 e. The number of carboxylic acid groups (broad SMARTS) is 1. The zero-order valence-electron chi connectivity index (χ0n) is 10.7. The minimum absolute atomic E-state index is 0.469. The van der Waals surface area contributed by atoms with Crippen LogP contribution in [0.4, 0.5) is 0 Å². The number of nitrogens with zero attached hydrogens (tertiary/aromatic N) is 1. The molecule has 0 amide bonds. The van der Waals surface area contributed by atoms with Crippen molar-refractivity contribution in [2.45, 2.75) is 19.9 Å². The van der Waals surface area contributed by atoms with Crippen LogP contribution in [0.2, 0.25) is 0 Å². The molecule has 1 aromatic rings. The molecule has 0 saturated heterocycles. The van der Waals surface area contributed by atoms with E-state index in [1.54, 1.807) is 6.08 Å². The van der Waals surface area contributed by atoms with Crippen molar-refractivity contribution in [1.82, 2.24) is 4.90 Å². The maximum absolute atomic E-state index is 10.9. The molecule has 0 fully saturated rings. The third kappa shape index (κ3) is 5.02. The van der Waals surface area contributed by atoms with E-state index >= 15 is 0 Å². The van der Waals surface area contributed by atoms with Crippen molar-refractivity contribution in [2.24, 2.45) is 0 Å². The van der Waals surface area contributed by atoms with Gasteiger partial charge >= 0.3 is 5.97 Å². The van der Waals surface area contributed by atoms with E-state index in [1.165, 1.54) is 5.56 Å². The molecule has 0 radical (unpaired) electrons. The van der Waals surface area contributed by atoms with Gasteiger partial charge in [0, 0.05) is 23.1 Å². The van der Waals surface area contributed by atoms with Crippen molar-refractivity contribution >= 4 is 21.9 Å². The van der Waals surface area contributed by atoms with E-state index in [0.717, 1.165) is 11.0 Å². The number of hydrogen-bond donors (Lipinski definition) is 1. The number of hydrogen-bond acceptors (Lipinski definition) is 2. The quantitative estimate of drug-likeness (QED) is 0.819. The lowest BCUT2D eigenvalue weighted by Crippen LogP contribution is -2.18. The summed E-state index contributed by atoms with van der Waals surface area (Å²) in [6.45, 7) is 3.29. The first kappa shape index (κ1) is 14.9. The maximum Gasteiger partial charge on any atom is 0.331 e. The second kappa shape index (κ2) is 7.34. The topological polar surface area (TPSA) is 40.5 Å². The SMILES string of the molecule is CCC(=CCN(C)Cc1cccc(Br)c1)C(=O)O. The predicted molar refractivity (Wildman–Crippen MR) is 76.5 cm³/mol. The maximum atomic E-state index is 10.9. The molecule has 0 bridgehead atoms. The molecule has 0 saturated carbocycles. The van der Waals surface area contributed by atoms with Crippen molar-refractivity contribution in [1.29, 1.82) is 0 Å². The normalized spacial score (nSPS) is 11.9. The van der Waals surface area contributed by atoms with Crippen LogP contribution < -0.4 is 0 Å². The summed E-state index contributed by atoms with van der Waals surface area (Å²) >= 11 is 3.44. The third-order valence-electron chi connectivity index (χ3n) is 2.65. The molecule has 0 aromatic heterocycles. The Morgan fingerprint density at radius 3 is 2.78 bits per heavy atom. The fourth-order valence-corrected chi connectivity index (χ4v) is 2.11. The van der Waals surface area contributed by atoms with Crippen LogP contribution in [-0.2, 0) is 11.3 Å². The fraction of sp³-hybridized carbons (Fsp3) is 0.357. The van der Waals surface area contributed by atoms with Crippen LogP contribution in [0.3, 0.4) is 0 Å². The van der Waals surface area contributed by atoms with Gasteiger partial charge in [-0.25, -0.2) is 4.79 Å². The van der Waals surface area contributed by atoms with E-state index in [-0.39, 0.29) is 0 Å². The average Bonchev–Trinajstić information content (AvgIpc) is 2.29. The number of likely N-dealkylation sites (N-methyl/N-ethyl adjacent to an activating group) is 1. The zero-order valence-corrected chi connectivity index (χ0v) is 12.3. The highest BCUT2D eigenvalue weighted by Crippen LogP contribution is 2.13. The van der Waals surface area contributed by atoms with Gasteiger partial charge in [-0.3, -0.25) is 4.90 Å². The molecule has 1 aromatic carbocycles. The van der Waals surface area contributed by atoms with Gasteiger partial charge in [-0.05, 0) is 31.2 Å². The van der Waals surface area contributed by atoms with Crippen LogP contribution in [0, 0.1) is 0 Å². The summed E-state index contributed by atoms with van der Waals surface area (Å²) in [5.74, 6) is -0.826. The summed E-state index contributed by atoms with van der Waals surface area (Å²) in [6, 6.07) is 8.11. The van der Waals surface area contributed by atoms with Crippen LogP contribution in [0.15, 0.2) is 40.4 Å². The number of aliphatic carboxylic acids is 1. The molecule has 4 heteroatoms. The molecule has 0 heterocycles. The molecule has 0 aliphatic rings. The largest absolute Gasteiger partial charge is 0.478 e. The van der Waals surface area contributed by atoms with Crippen LogP contribution >= 0.6 is 15.9 Å². The van der Waals surface area contributed by atoms with Crippen molar-refractivity contribution < 1.29 is 9.90 Å². The highest BCUT2D eigenvalue weighted by molar-refractivity contribution is 9.10. The van der Waals surface area contributed by atoms with Gasteiger partial charge in [0.05, 0.1) is 0 Å². The summed E-state index contributed by atoms with van der Waals surface area (Å²) in [6.07, 6.45) is 2.33. The molecule has 0 spiro atoms. The van der Waals surface area contributed by atoms with Crippen LogP contribution in [0.5, 0.6) is 0 Å². The molecule has 0 atom stereocenters. The predicted octanol–water partition coefficient (Wildman–Crippen LogP) is 3.30. The first-order valence-corrected chi connectivity index (χ1v) is 6.67. The van der Waals surface area contributed by atoms with Gasteiger partial charge in [-0.2, -0.15) is 0 Å². The van der Waals surface area contributed by atoms with E-state index in [0.29, 0.717) is 18.5 Å². The Balaban J connectivity index is 2.56. The highest BCUT2D eigenvalue weighted by Gasteiger charge is 2.05. The molecule has 0 aliphatic carbocycles. The number of carboxylic acids is 1. The molecule has 3 nitrogen and oxygen atoms in total. The summed E-state index contributed by atoms with van der Waals surface area (Å²) in [5, 5.41) is 8.92. The monoisotopic (exact) mass is 311 g/mol. The first-order chi connectivity index (χ1) is 8.52. The number of halogens is 1. The van der Waals surface area contributed by atoms with Gasteiger partial charge in [-0.1, -0.05) is 41.1 Å². The van der Waals surface area contributed by atoms with E-state index in [2.05, 4.69) is 33.0 Å². The zero-order chi connectivity index (χ0) is 13.5. The summed E-state index contributed by atoms with van der Waals surface area (Å²) in [7, 11) is 1.98. The molecule has 18 heavy (non-hydrogen) atoms. The number of rotatable bonds is 6. The Bertz CT molecular complexity index is 443. The molecule has 98 valence electrons. The second-order valence-corrected chi connectivity index (χ2v) is 5.13. The Morgan fingerprint density at radius 2 is 2.22 bits per heavy atom. The van der Waals surface area contributed by atoms with Crippen molar-refractivity contribution in [3.8, 4) is 0 Å². The van der Waals surface area contributed by atoms with Crippen LogP contribution in [0.1, 0.15) is 18.9 Å². The van der Waals surface area contributed by atoms with Gasteiger partial charge in [0.15, 0.2) is 0 Å². The first-order valence-electron chi connectivity index (χ1n) is 5.88. The standard InChI is InChI=1S/C14H18BrNO2/c1-3-12(14(17)18)7-8-16(2)10-11-5-4-6-13(15)9-11/h4-7,9H,3,8,10H2,1-2H3,(H,17,18). The van der Waals surface area contributed by atoms with Gasteiger partial charge in [-0.15, -0.1) is 0 Å². The van der Waals surface area contributed by atoms with Gasteiger partial charge in [0.25, 0.3) is 0 Å². The second-order valence-electron chi connectivity index (χ2n) is 4.21. The summed E-state index contributed by atoms with van der Waals surface area (Å²) in [5.41, 5.74) is 1.67. The van der Waals surface area contributed by atoms with Crippen molar-refractivity contribution in [3.63, 3.8) is 0 Å². The minimum Gasteiger partial charge on any atom is -0.478 e. The summed E-state index contributed by atoms with van der Waals surface area (Å²) < 4.78 is 1.06. The van der Waals surface area contributed by atoms with E-state index in [1.807, 2.05) is 26.1 Å². The van der Waals surface area contributed by atoms with Crippen molar-refractivity contribution in [3.05, 3.63) is 46.0 Å². The minimum atomic E-state index is -0.826. The average molecular weight is 312 g/mol. The van der Waals surface area contributed by atoms with Gasteiger partial charge < -0.3 is 5.11 Å². The molecule has 1 N–H and O–H groups in total. The van der Waals surface area contributed by atoms with Gasteiger partial charge in [0.1, 0.15) is 0 Å². The summed E-state index contributed by atoms with van der Waals surface area (Å²) in [4.78, 5) is 12.9. The number of benzene rings is 1. The van der Waals surface area contributed by atoms with Gasteiger partial charge in [0.2, 0.25) is 0 Å². The lowest BCUT2D eigenvalue weighted by Gasteiger charge is -2.15. The Hall–Kier alpha value is -1.13. The molecule has 1 rings (SSSR count). The van der Waals surface area contributed by atoms with E-state index in [4.69, 9.17) is 5.11 Å². The van der Waals surface area contributed by atoms with Crippen molar-refractivity contribution in [2.75, 3.05) is 13.6 Å². The lowest BCUT2D eigenvalue weighted by atomic mass is 10.2.